The van der Waals surface area contributed by atoms with Crippen LogP contribution >= 0.6 is 23.4 Å². The first-order valence-electron chi connectivity index (χ1n) is 14.8. The number of ether oxygens (including phenoxy) is 2. The lowest BCUT2D eigenvalue weighted by Gasteiger charge is -2.19. The summed E-state index contributed by atoms with van der Waals surface area (Å²) in [5.41, 5.74) is 2.99. The van der Waals surface area contributed by atoms with Crippen LogP contribution in [0.4, 0.5) is 11.4 Å². The van der Waals surface area contributed by atoms with E-state index in [2.05, 4.69) is 16.0 Å². The molecule has 0 heterocycles. The number of amides is 3. The molecule has 1 atom stereocenters. The predicted molar refractivity (Wildman–Crippen MR) is 192 cm³/mol. The molecule has 0 bridgehead atoms. The number of hydrogen-bond acceptors (Lipinski definition) is 6. The molecule has 0 spiro atoms. The molecule has 10 heteroatoms. The molecule has 5 aromatic carbocycles. The number of benzene rings is 5. The Labute approximate surface area is 288 Å². The molecule has 5 aromatic rings. The number of halogens is 1. The molecule has 0 aromatic heterocycles. The van der Waals surface area contributed by atoms with Crippen LogP contribution in [0.1, 0.15) is 26.7 Å². The monoisotopic (exact) mass is 677 g/mol. The van der Waals surface area contributed by atoms with Crippen molar-refractivity contribution in [2.24, 2.45) is 0 Å². The molecular weight excluding hydrogens is 646 g/mol. The number of nitrogens with one attached hydrogen (secondary N) is 3. The zero-order valence-corrected chi connectivity index (χ0v) is 27.7. The molecule has 5 rings (SSSR count). The number of anilines is 2. The minimum Gasteiger partial charge on any atom is -0.497 e. The van der Waals surface area contributed by atoms with E-state index in [1.807, 2.05) is 48.5 Å². The Bertz CT molecular complexity index is 1900. The van der Waals surface area contributed by atoms with Gasteiger partial charge in [-0.3, -0.25) is 14.4 Å². The summed E-state index contributed by atoms with van der Waals surface area (Å²) in [7, 11) is 3.09. The number of carbonyl (C=O) groups excluding carboxylic acids is 3. The van der Waals surface area contributed by atoms with Gasteiger partial charge in [0.15, 0.2) is 0 Å². The van der Waals surface area contributed by atoms with E-state index in [1.165, 1.54) is 18.9 Å². The highest BCUT2D eigenvalue weighted by atomic mass is 35.5. The first-order chi connectivity index (χ1) is 23.3. The number of carbonyl (C=O) groups is 3. The van der Waals surface area contributed by atoms with Crippen molar-refractivity contribution in [2.75, 3.05) is 24.9 Å². The van der Waals surface area contributed by atoms with Gasteiger partial charge in [0.1, 0.15) is 22.4 Å². The summed E-state index contributed by atoms with van der Waals surface area (Å²) in [4.78, 5) is 40.9. The molecule has 0 aliphatic carbocycles. The highest BCUT2D eigenvalue weighted by Crippen LogP contribution is 2.38. The smallest absolute Gasteiger partial charge is 0.272 e. The van der Waals surface area contributed by atoms with E-state index in [-0.39, 0.29) is 11.6 Å². The van der Waals surface area contributed by atoms with Crippen LogP contribution in [0.5, 0.6) is 11.5 Å². The van der Waals surface area contributed by atoms with Crippen LogP contribution in [0.2, 0.25) is 5.02 Å². The van der Waals surface area contributed by atoms with Gasteiger partial charge in [0.05, 0.1) is 19.9 Å². The number of rotatable bonds is 12. The second-order valence-corrected chi connectivity index (χ2v) is 12.0. The van der Waals surface area contributed by atoms with Crippen molar-refractivity contribution < 1.29 is 23.9 Å². The fraction of sp³-hybridized carbons (Fsp3) is 0.0789. The molecule has 0 saturated heterocycles. The average Bonchev–Trinajstić information content (AvgIpc) is 3.12. The van der Waals surface area contributed by atoms with Gasteiger partial charge < -0.3 is 25.4 Å². The summed E-state index contributed by atoms with van der Waals surface area (Å²) in [6, 6.07) is 37.3. The van der Waals surface area contributed by atoms with E-state index >= 15 is 0 Å². The Balaban J connectivity index is 1.33. The van der Waals surface area contributed by atoms with Crippen molar-refractivity contribution in [1.29, 1.82) is 0 Å². The molecule has 3 amide bonds. The Morgan fingerprint density at radius 2 is 1.42 bits per heavy atom. The summed E-state index contributed by atoms with van der Waals surface area (Å²) in [6.07, 6.45) is 1.58. The SMILES string of the molecule is COc1ccc(NC(=O)C(Sc2ccc(NC(=O)/C(=C/c3ccc(Cl)cc3)NC(=O)c3ccccc3)cc2)c2ccccc2)c(OC)c1. The van der Waals surface area contributed by atoms with Crippen LogP contribution in [0.15, 0.2) is 138 Å². The molecule has 8 nitrogen and oxygen atoms in total. The third-order valence-electron chi connectivity index (χ3n) is 7.08. The largest absolute Gasteiger partial charge is 0.497 e. The first kappa shape index (κ1) is 33.8. The molecular formula is C38H32ClN3O5S. The maximum Gasteiger partial charge on any atom is 0.272 e. The van der Waals surface area contributed by atoms with Crippen LogP contribution in [-0.4, -0.2) is 31.9 Å². The minimum atomic E-state index is -0.597. The second kappa shape index (κ2) is 16.4. The van der Waals surface area contributed by atoms with Gasteiger partial charge >= 0.3 is 0 Å². The van der Waals surface area contributed by atoms with Crippen molar-refractivity contribution in [1.82, 2.24) is 5.32 Å². The average molecular weight is 678 g/mol. The lowest BCUT2D eigenvalue weighted by Crippen LogP contribution is -2.30. The maximum absolute atomic E-state index is 13.7. The van der Waals surface area contributed by atoms with Crippen LogP contribution in [0, 0.1) is 0 Å². The van der Waals surface area contributed by atoms with E-state index in [4.69, 9.17) is 21.1 Å². The van der Waals surface area contributed by atoms with Crippen LogP contribution in [-0.2, 0) is 9.59 Å². The van der Waals surface area contributed by atoms with Gasteiger partial charge in [-0.15, -0.1) is 11.8 Å². The fourth-order valence-electron chi connectivity index (χ4n) is 4.62. The van der Waals surface area contributed by atoms with Crippen LogP contribution < -0.4 is 25.4 Å². The Kier molecular flexibility index (Phi) is 11.5. The van der Waals surface area contributed by atoms with Gasteiger partial charge in [0, 0.05) is 27.2 Å². The highest BCUT2D eigenvalue weighted by Gasteiger charge is 2.24. The summed E-state index contributed by atoms with van der Waals surface area (Å²) >= 11 is 7.40. The van der Waals surface area contributed by atoms with Crippen molar-refractivity contribution in [3.05, 3.63) is 155 Å². The summed E-state index contributed by atoms with van der Waals surface area (Å²) < 4.78 is 10.7. The third-order valence-corrected chi connectivity index (χ3v) is 8.60. The standard InChI is InChI=1S/C38H32ClN3O5S/c1-46-30-19-22-32(34(24-30)47-2)41-38(45)35(26-9-5-3-6-10-26)48-31-20-17-29(18-21-31)40-37(44)33(23-25-13-15-28(39)16-14-25)42-36(43)27-11-7-4-8-12-27/h3-24,35H,1-2H3,(H,40,44)(H,41,45)(H,42,43)/b33-23-. The molecule has 0 fully saturated rings. The summed E-state index contributed by atoms with van der Waals surface area (Å²) in [5, 5.41) is 8.53. The van der Waals surface area contributed by atoms with Crippen molar-refractivity contribution in [2.45, 2.75) is 10.1 Å². The predicted octanol–water partition coefficient (Wildman–Crippen LogP) is 8.24. The zero-order chi connectivity index (χ0) is 33.9. The van der Waals surface area contributed by atoms with Gasteiger partial charge in [-0.05, 0) is 77.9 Å². The first-order valence-corrected chi connectivity index (χ1v) is 16.1. The lowest BCUT2D eigenvalue weighted by atomic mass is 10.1. The molecule has 48 heavy (non-hydrogen) atoms. The molecule has 3 N–H and O–H groups in total. The minimum absolute atomic E-state index is 0.0550. The third kappa shape index (κ3) is 9.06. The quantitative estimate of drug-likeness (QED) is 0.0908. The number of hydrogen-bond donors (Lipinski definition) is 3. The molecule has 0 radical (unpaired) electrons. The second-order valence-electron chi connectivity index (χ2n) is 10.4. The normalized spacial score (nSPS) is 11.6. The van der Waals surface area contributed by atoms with Gasteiger partial charge in [0.25, 0.3) is 11.8 Å². The molecule has 0 aliphatic heterocycles. The van der Waals surface area contributed by atoms with E-state index in [9.17, 15) is 14.4 Å². The van der Waals surface area contributed by atoms with Gasteiger partial charge in [-0.2, -0.15) is 0 Å². The van der Waals surface area contributed by atoms with Crippen molar-refractivity contribution in [3.8, 4) is 11.5 Å². The summed E-state index contributed by atoms with van der Waals surface area (Å²) in [5.74, 6) is -0.0841. The van der Waals surface area contributed by atoms with Crippen molar-refractivity contribution >= 4 is 58.5 Å². The lowest BCUT2D eigenvalue weighted by molar-refractivity contribution is -0.116. The Morgan fingerprint density at radius 3 is 2.06 bits per heavy atom. The topological polar surface area (TPSA) is 106 Å². The fourth-order valence-corrected chi connectivity index (χ4v) is 5.77. The number of thioether (sulfide) groups is 1. The van der Waals surface area contributed by atoms with Crippen molar-refractivity contribution in [3.63, 3.8) is 0 Å². The molecule has 0 saturated carbocycles. The van der Waals surface area contributed by atoms with E-state index in [0.717, 1.165) is 10.5 Å². The zero-order valence-electron chi connectivity index (χ0n) is 26.1. The van der Waals surface area contributed by atoms with Gasteiger partial charge in [-0.1, -0.05) is 72.3 Å². The molecule has 242 valence electrons. The van der Waals surface area contributed by atoms with E-state index < -0.39 is 17.1 Å². The highest BCUT2D eigenvalue weighted by molar-refractivity contribution is 8.00. The Hall–Kier alpha value is -5.51. The van der Waals surface area contributed by atoms with E-state index in [0.29, 0.717) is 39.0 Å². The van der Waals surface area contributed by atoms with Crippen LogP contribution in [0.3, 0.4) is 0 Å². The van der Waals surface area contributed by atoms with E-state index in [1.54, 1.807) is 92.0 Å². The molecule has 0 aliphatic rings. The Morgan fingerprint density at radius 1 is 0.750 bits per heavy atom. The van der Waals surface area contributed by atoms with Gasteiger partial charge in [0.2, 0.25) is 5.91 Å². The van der Waals surface area contributed by atoms with Gasteiger partial charge in [-0.25, -0.2) is 0 Å². The molecule has 1 unspecified atom stereocenters. The summed E-state index contributed by atoms with van der Waals surface area (Å²) in [6.45, 7) is 0. The van der Waals surface area contributed by atoms with Crippen LogP contribution in [0.25, 0.3) is 6.08 Å². The maximum atomic E-state index is 13.7. The number of methoxy groups -OCH3 is 2.